The van der Waals surface area contributed by atoms with E-state index in [-0.39, 0.29) is 5.54 Å². The van der Waals surface area contributed by atoms with E-state index in [0.717, 1.165) is 51.6 Å². The van der Waals surface area contributed by atoms with Gasteiger partial charge >= 0.3 is 0 Å². The lowest BCUT2D eigenvalue weighted by molar-refractivity contribution is -0.1000. The Hall–Kier alpha value is -1.89. The van der Waals surface area contributed by atoms with Crippen LogP contribution in [0.25, 0.3) is 0 Å². The van der Waals surface area contributed by atoms with Gasteiger partial charge in [0.25, 0.3) is 5.91 Å². The Bertz CT molecular complexity index is 679. The van der Waals surface area contributed by atoms with Gasteiger partial charge in [-0.05, 0) is 57.3 Å². The zero-order valence-corrected chi connectivity index (χ0v) is 15.7. The van der Waals surface area contributed by atoms with E-state index >= 15 is 0 Å². The van der Waals surface area contributed by atoms with Crippen LogP contribution in [-0.4, -0.2) is 40.2 Å². The molecular formula is C19H29N5O2. The van der Waals surface area contributed by atoms with Crippen molar-refractivity contribution in [3.8, 4) is 0 Å². The number of nitrogens with one attached hydrogen (secondary N) is 2. The average molecular weight is 359 g/mol. The second-order valence-electron chi connectivity index (χ2n) is 8.64. The van der Waals surface area contributed by atoms with Crippen LogP contribution in [0.15, 0.2) is 6.20 Å². The van der Waals surface area contributed by atoms with Gasteiger partial charge in [0.05, 0.1) is 11.7 Å². The zero-order valence-electron chi connectivity index (χ0n) is 15.7. The van der Waals surface area contributed by atoms with Gasteiger partial charge < -0.3 is 21.1 Å². The number of anilines is 2. The standard InChI is InChI=1S/C19H29N5O2/c1-3-26-13-6-4-12(5-7-13)22-17-21-8-14(15(20)25)16(23-17)24-19-9-18(2,10-19)11-19/h8,12-13H,3-7,9-11H2,1-2H3,(H2,20,25)(H2,21,22,23,24)/t12-,13-,18?,19?. The fraction of sp³-hybridized carbons (Fsp3) is 0.737. The van der Waals surface area contributed by atoms with Crippen LogP contribution < -0.4 is 16.4 Å². The molecular weight excluding hydrogens is 330 g/mol. The third-order valence-electron chi connectivity index (χ3n) is 6.14. The van der Waals surface area contributed by atoms with E-state index in [9.17, 15) is 4.79 Å². The average Bonchev–Trinajstić information content (AvgIpc) is 2.54. The molecule has 0 aromatic carbocycles. The third kappa shape index (κ3) is 3.24. The molecule has 0 unspecified atom stereocenters. The maximum atomic E-state index is 11.8. The maximum Gasteiger partial charge on any atom is 0.254 e. The predicted molar refractivity (Wildman–Crippen MR) is 100 cm³/mol. The summed E-state index contributed by atoms with van der Waals surface area (Å²) in [6.45, 7) is 5.12. The Labute approximate surface area is 154 Å². The fourth-order valence-electron chi connectivity index (χ4n) is 5.20. The second-order valence-corrected chi connectivity index (χ2v) is 8.64. The number of carbonyl (C=O) groups is 1. The number of nitrogens with two attached hydrogens (primary N) is 1. The van der Waals surface area contributed by atoms with E-state index in [1.807, 2.05) is 6.92 Å². The number of nitrogens with zero attached hydrogens (tertiary/aromatic N) is 2. The largest absolute Gasteiger partial charge is 0.379 e. The molecule has 26 heavy (non-hydrogen) atoms. The summed E-state index contributed by atoms with van der Waals surface area (Å²) in [6.07, 6.45) is 9.49. The van der Waals surface area contributed by atoms with Crippen molar-refractivity contribution < 1.29 is 9.53 Å². The molecule has 4 N–H and O–H groups in total. The van der Waals surface area contributed by atoms with Gasteiger partial charge in [-0.2, -0.15) is 4.98 Å². The molecule has 2 bridgehead atoms. The van der Waals surface area contributed by atoms with Crippen LogP contribution in [0.5, 0.6) is 0 Å². The maximum absolute atomic E-state index is 11.8. The van der Waals surface area contributed by atoms with Crippen LogP contribution >= 0.6 is 0 Å². The lowest BCUT2D eigenvalue weighted by atomic mass is 9.40. The van der Waals surface area contributed by atoms with Crippen molar-refractivity contribution in [1.82, 2.24) is 9.97 Å². The molecule has 1 heterocycles. The number of ether oxygens (including phenoxy) is 1. The molecule has 1 aromatic heterocycles. The molecule has 0 atom stereocenters. The summed E-state index contributed by atoms with van der Waals surface area (Å²) in [6, 6.07) is 0.341. The van der Waals surface area contributed by atoms with Gasteiger partial charge in [-0.3, -0.25) is 4.79 Å². The number of rotatable bonds is 7. The van der Waals surface area contributed by atoms with Crippen LogP contribution in [0, 0.1) is 5.41 Å². The van der Waals surface area contributed by atoms with Crippen LogP contribution in [0.3, 0.4) is 0 Å². The molecule has 4 aliphatic rings. The summed E-state index contributed by atoms with van der Waals surface area (Å²) in [5, 5.41) is 6.91. The second kappa shape index (κ2) is 6.37. The minimum Gasteiger partial charge on any atom is -0.379 e. The first kappa shape index (κ1) is 17.5. The quantitative estimate of drug-likeness (QED) is 0.692. The van der Waals surface area contributed by atoms with E-state index in [1.54, 1.807) is 6.20 Å². The Balaban J connectivity index is 1.42. The highest BCUT2D eigenvalue weighted by molar-refractivity contribution is 5.97. The van der Waals surface area contributed by atoms with Crippen LogP contribution in [0.2, 0.25) is 0 Å². The van der Waals surface area contributed by atoms with Gasteiger partial charge in [0, 0.05) is 24.4 Å². The van der Waals surface area contributed by atoms with E-state index in [0.29, 0.717) is 34.9 Å². The Morgan fingerprint density at radius 3 is 2.58 bits per heavy atom. The van der Waals surface area contributed by atoms with Crippen LogP contribution in [-0.2, 0) is 4.74 Å². The van der Waals surface area contributed by atoms with E-state index in [1.165, 1.54) is 0 Å². The van der Waals surface area contributed by atoms with Gasteiger partial charge in [-0.25, -0.2) is 4.98 Å². The number of carbonyl (C=O) groups excluding carboxylic acids is 1. The van der Waals surface area contributed by atoms with Gasteiger partial charge in [0.1, 0.15) is 5.82 Å². The molecule has 5 rings (SSSR count). The molecule has 1 aromatic rings. The first-order valence-corrected chi connectivity index (χ1v) is 9.73. The van der Waals surface area contributed by atoms with Crippen LogP contribution in [0.4, 0.5) is 11.8 Å². The summed E-state index contributed by atoms with van der Waals surface area (Å²) in [5.41, 5.74) is 6.46. The molecule has 0 radical (unpaired) electrons. The zero-order chi connectivity index (χ0) is 18.4. The molecule has 7 nitrogen and oxygen atoms in total. The summed E-state index contributed by atoms with van der Waals surface area (Å²) in [5.74, 6) is 0.643. The highest BCUT2D eigenvalue weighted by Crippen LogP contribution is 2.68. The SMILES string of the molecule is CCO[C@H]1CC[C@H](Nc2ncc(C(N)=O)c(NC34CC(C)(C3)C4)n2)CC1. The Morgan fingerprint density at radius 1 is 1.31 bits per heavy atom. The van der Waals surface area contributed by atoms with E-state index in [2.05, 4.69) is 27.5 Å². The van der Waals surface area contributed by atoms with Gasteiger partial charge in [0.15, 0.2) is 0 Å². The summed E-state index contributed by atoms with van der Waals surface area (Å²) >= 11 is 0. The van der Waals surface area contributed by atoms with Crippen molar-refractivity contribution in [3.05, 3.63) is 11.8 Å². The predicted octanol–water partition coefficient (Wildman–Crippen LogP) is 2.69. The smallest absolute Gasteiger partial charge is 0.254 e. The third-order valence-corrected chi connectivity index (χ3v) is 6.14. The molecule has 142 valence electrons. The minimum absolute atomic E-state index is 0.0973. The minimum atomic E-state index is -0.492. The van der Waals surface area contributed by atoms with Crippen molar-refractivity contribution >= 4 is 17.7 Å². The first-order chi connectivity index (χ1) is 12.4. The van der Waals surface area contributed by atoms with Gasteiger partial charge in [-0.15, -0.1) is 0 Å². The van der Waals surface area contributed by atoms with Crippen molar-refractivity contribution in [1.29, 1.82) is 0 Å². The highest BCUT2D eigenvalue weighted by Gasteiger charge is 2.65. The fourth-order valence-corrected chi connectivity index (χ4v) is 5.20. The molecule has 4 saturated carbocycles. The Kier molecular flexibility index (Phi) is 4.29. The lowest BCUT2D eigenvalue weighted by Crippen LogP contribution is -2.69. The van der Waals surface area contributed by atoms with E-state index in [4.69, 9.17) is 10.5 Å². The molecule has 7 heteroatoms. The molecule has 0 aliphatic heterocycles. The molecule has 4 aliphatic carbocycles. The number of aromatic nitrogens is 2. The summed E-state index contributed by atoms with van der Waals surface area (Å²) in [4.78, 5) is 20.7. The van der Waals surface area contributed by atoms with Crippen molar-refractivity contribution in [2.75, 3.05) is 17.2 Å². The topological polar surface area (TPSA) is 102 Å². The van der Waals surface area contributed by atoms with Crippen LogP contribution in [0.1, 0.15) is 69.2 Å². The molecule has 4 fully saturated rings. The monoisotopic (exact) mass is 359 g/mol. The first-order valence-electron chi connectivity index (χ1n) is 9.73. The Morgan fingerprint density at radius 2 is 2.00 bits per heavy atom. The summed E-state index contributed by atoms with van der Waals surface area (Å²) < 4.78 is 5.71. The van der Waals surface area contributed by atoms with Crippen molar-refractivity contribution in [2.24, 2.45) is 11.1 Å². The van der Waals surface area contributed by atoms with Gasteiger partial charge in [-0.1, -0.05) is 6.92 Å². The number of hydrogen-bond acceptors (Lipinski definition) is 6. The highest BCUT2D eigenvalue weighted by atomic mass is 16.5. The van der Waals surface area contributed by atoms with E-state index < -0.39 is 5.91 Å². The normalized spacial score (nSPS) is 35.2. The molecule has 0 saturated heterocycles. The lowest BCUT2D eigenvalue weighted by Gasteiger charge is -2.69. The van der Waals surface area contributed by atoms with Crippen molar-refractivity contribution in [2.45, 2.75) is 76.5 Å². The number of hydrogen-bond donors (Lipinski definition) is 3. The molecule has 0 spiro atoms. The van der Waals surface area contributed by atoms with Crippen molar-refractivity contribution in [3.63, 3.8) is 0 Å². The number of primary amides is 1. The number of amides is 1. The summed E-state index contributed by atoms with van der Waals surface area (Å²) in [7, 11) is 0. The van der Waals surface area contributed by atoms with Gasteiger partial charge in [0.2, 0.25) is 5.95 Å². The molecule has 1 amide bonds.